The fourth-order valence-electron chi connectivity index (χ4n) is 3.30. The number of ether oxygens (including phenoxy) is 2. The van der Waals surface area contributed by atoms with Crippen LogP contribution in [0.1, 0.15) is 44.2 Å². The van der Waals surface area contributed by atoms with Crippen molar-refractivity contribution in [1.29, 1.82) is 0 Å². The average molecular weight is 418 g/mol. The molecule has 4 heteroatoms. The Kier molecular flexibility index (Phi) is 8.11. The van der Waals surface area contributed by atoms with Crippen molar-refractivity contribution in [3.05, 3.63) is 90.0 Å². The highest BCUT2D eigenvalue weighted by molar-refractivity contribution is 5.94. The Bertz CT molecular complexity index is 971. The van der Waals surface area contributed by atoms with E-state index < -0.39 is 6.10 Å². The maximum atomic E-state index is 12.7. The van der Waals surface area contributed by atoms with Crippen LogP contribution in [-0.2, 0) is 11.2 Å². The summed E-state index contributed by atoms with van der Waals surface area (Å²) in [5, 5.41) is 2.93. The molecule has 1 N–H and O–H groups in total. The molecule has 3 rings (SSSR count). The molecule has 0 saturated carbocycles. The van der Waals surface area contributed by atoms with E-state index >= 15 is 0 Å². The lowest BCUT2D eigenvalue weighted by atomic mass is 9.98. The Labute approximate surface area is 185 Å². The lowest BCUT2D eigenvalue weighted by molar-refractivity contribution is -0.122. The molecule has 3 aromatic rings. The van der Waals surface area contributed by atoms with Gasteiger partial charge in [-0.3, -0.25) is 4.79 Å². The van der Waals surface area contributed by atoms with Gasteiger partial charge in [0.05, 0.1) is 6.61 Å². The van der Waals surface area contributed by atoms with E-state index in [1.807, 2.05) is 60.7 Å². The maximum absolute atomic E-state index is 12.7. The minimum absolute atomic E-state index is 0.194. The van der Waals surface area contributed by atoms with Gasteiger partial charge in [0.25, 0.3) is 5.91 Å². The summed E-state index contributed by atoms with van der Waals surface area (Å²) in [6.07, 6.45) is 1.23. The van der Waals surface area contributed by atoms with E-state index in [1.165, 1.54) is 5.56 Å². The summed E-state index contributed by atoms with van der Waals surface area (Å²) in [5.41, 5.74) is 3.04. The zero-order valence-electron chi connectivity index (χ0n) is 18.5. The van der Waals surface area contributed by atoms with Gasteiger partial charge in [-0.15, -0.1) is 0 Å². The number of carbonyl (C=O) groups excluding carboxylic acids is 1. The molecule has 0 aliphatic rings. The van der Waals surface area contributed by atoms with Crippen LogP contribution in [0.15, 0.2) is 78.9 Å². The highest BCUT2D eigenvalue weighted by Gasteiger charge is 2.18. The second kappa shape index (κ2) is 11.2. The number of hydrogen-bond acceptors (Lipinski definition) is 3. The number of rotatable bonds is 10. The summed E-state index contributed by atoms with van der Waals surface area (Å²) in [5.74, 6) is 1.67. The summed E-state index contributed by atoms with van der Waals surface area (Å²) in [7, 11) is 0. The molecule has 3 aromatic carbocycles. The van der Waals surface area contributed by atoms with E-state index in [4.69, 9.17) is 9.47 Å². The maximum Gasteiger partial charge on any atom is 0.265 e. The lowest BCUT2D eigenvalue weighted by Gasteiger charge is -2.19. The van der Waals surface area contributed by atoms with Gasteiger partial charge < -0.3 is 14.8 Å². The first-order valence-electron chi connectivity index (χ1n) is 10.9. The van der Waals surface area contributed by atoms with Crippen LogP contribution in [-0.4, -0.2) is 18.6 Å². The summed E-state index contributed by atoms with van der Waals surface area (Å²) < 4.78 is 11.9. The summed E-state index contributed by atoms with van der Waals surface area (Å²) in [6, 6.07) is 25.6. The molecule has 2 atom stereocenters. The van der Waals surface area contributed by atoms with Crippen molar-refractivity contribution in [2.45, 2.75) is 45.6 Å². The Morgan fingerprint density at radius 1 is 0.935 bits per heavy atom. The molecule has 4 nitrogen and oxygen atoms in total. The van der Waals surface area contributed by atoms with Crippen molar-refractivity contribution in [1.82, 2.24) is 0 Å². The number of nitrogens with one attached hydrogen (secondary N) is 1. The number of para-hydroxylation sites is 1. The predicted molar refractivity (Wildman–Crippen MR) is 126 cm³/mol. The second-order valence-electron chi connectivity index (χ2n) is 7.71. The van der Waals surface area contributed by atoms with Crippen LogP contribution in [0.25, 0.3) is 0 Å². The van der Waals surface area contributed by atoms with E-state index in [9.17, 15) is 4.79 Å². The van der Waals surface area contributed by atoms with E-state index in [-0.39, 0.29) is 5.91 Å². The molecule has 0 radical (unpaired) electrons. The zero-order chi connectivity index (χ0) is 22.1. The molecule has 0 bridgehead atoms. The van der Waals surface area contributed by atoms with Crippen LogP contribution in [0.5, 0.6) is 11.5 Å². The molecule has 0 saturated heterocycles. The summed E-state index contributed by atoms with van der Waals surface area (Å²) in [6.45, 7) is 6.65. The largest absolute Gasteiger partial charge is 0.493 e. The van der Waals surface area contributed by atoms with Crippen molar-refractivity contribution < 1.29 is 14.3 Å². The number of carbonyl (C=O) groups is 1. The molecule has 2 unspecified atom stereocenters. The van der Waals surface area contributed by atoms with Gasteiger partial charge in [0, 0.05) is 18.2 Å². The van der Waals surface area contributed by atoms with E-state index in [1.54, 1.807) is 6.92 Å². The van der Waals surface area contributed by atoms with Gasteiger partial charge >= 0.3 is 0 Å². The Balaban J connectivity index is 1.56. The third-order valence-corrected chi connectivity index (χ3v) is 5.34. The standard InChI is InChI=1S/C27H31NO3/c1-4-20(2)25-15-8-9-16-26(25)31-21(3)27(29)28-23-13-10-14-24(19-23)30-18-17-22-11-6-5-7-12-22/h5-16,19-21H,4,17-18H2,1-3H3,(H,28,29). The molecular formula is C27H31NO3. The Morgan fingerprint density at radius 3 is 2.45 bits per heavy atom. The van der Waals surface area contributed by atoms with Crippen molar-refractivity contribution in [2.24, 2.45) is 0 Å². The molecule has 0 aliphatic carbocycles. The quantitative estimate of drug-likeness (QED) is 0.425. The molecule has 162 valence electrons. The summed E-state index contributed by atoms with van der Waals surface area (Å²) >= 11 is 0. The van der Waals surface area contributed by atoms with Gasteiger partial charge in [-0.05, 0) is 48.6 Å². The van der Waals surface area contributed by atoms with Crippen molar-refractivity contribution in [3.8, 4) is 11.5 Å². The molecule has 0 heterocycles. The van der Waals surface area contributed by atoms with Gasteiger partial charge in [0.1, 0.15) is 11.5 Å². The number of benzene rings is 3. The number of amides is 1. The van der Waals surface area contributed by atoms with Gasteiger partial charge in [-0.1, -0.05) is 68.4 Å². The van der Waals surface area contributed by atoms with Crippen LogP contribution in [0.4, 0.5) is 5.69 Å². The molecule has 1 amide bonds. The minimum Gasteiger partial charge on any atom is -0.493 e. The van der Waals surface area contributed by atoms with Crippen LogP contribution in [0.2, 0.25) is 0 Å². The molecule has 31 heavy (non-hydrogen) atoms. The Hall–Kier alpha value is -3.27. The van der Waals surface area contributed by atoms with Crippen LogP contribution in [0.3, 0.4) is 0 Å². The van der Waals surface area contributed by atoms with Gasteiger partial charge in [-0.25, -0.2) is 0 Å². The average Bonchev–Trinajstić information content (AvgIpc) is 2.80. The molecule has 0 aliphatic heterocycles. The van der Waals surface area contributed by atoms with Crippen molar-refractivity contribution in [2.75, 3.05) is 11.9 Å². The monoisotopic (exact) mass is 417 g/mol. The summed E-state index contributed by atoms with van der Waals surface area (Å²) in [4.78, 5) is 12.7. The first-order chi connectivity index (χ1) is 15.1. The van der Waals surface area contributed by atoms with E-state index in [2.05, 4.69) is 37.4 Å². The Morgan fingerprint density at radius 2 is 1.68 bits per heavy atom. The van der Waals surface area contributed by atoms with Gasteiger partial charge in [-0.2, -0.15) is 0 Å². The fraction of sp³-hybridized carbons (Fsp3) is 0.296. The normalized spacial score (nSPS) is 12.6. The zero-order valence-corrected chi connectivity index (χ0v) is 18.5. The fourth-order valence-corrected chi connectivity index (χ4v) is 3.30. The SMILES string of the molecule is CCC(C)c1ccccc1OC(C)C(=O)Nc1cccc(OCCc2ccccc2)c1. The lowest BCUT2D eigenvalue weighted by Crippen LogP contribution is -2.30. The predicted octanol–water partition coefficient (Wildman–Crippen LogP) is 6.23. The van der Waals surface area contributed by atoms with Gasteiger partial charge in [0.2, 0.25) is 0 Å². The van der Waals surface area contributed by atoms with E-state index in [0.717, 1.165) is 29.9 Å². The van der Waals surface area contributed by atoms with Crippen LogP contribution >= 0.6 is 0 Å². The highest BCUT2D eigenvalue weighted by atomic mass is 16.5. The van der Waals surface area contributed by atoms with Crippen LogP contribution in [0, 0.1) is 0 Å². The second-order valence-corrected chi connectivity index (χ2v) is 7.71. The first-order valence-corrected chi connectivity index (χ1v) is 10.9. The smallest absolute Gasteiger partial charge is 0.265 e. The molecule has 0 aromatic heterocycles. The molecule has 0 spiro atoms. The van der Waals surface area contributed by atoms with E-state index in [0.29, 0.717) is 18.2 Å². The van der Waals surface area contributed by atoms with Crippen molar-refractivity contribution >= 4 is 11.6 Å². The first kappa shape index (κ1) is 22.4. The highest BCUT2D eigenvalue weighted by Crippen LogP contribution is 2.29. The number of hydrogen-bond donors (Lipinski definition) is 1. The number of anilines is 1. The van der Waals surface area contributed by atoms with Gasteiger partial charge in [0.15, 0.2) is 6.10 Å². The molecule has 0 fully saturated rings. The third-order valence-electron chi connectivity index (χ3n) is 5.34. The third kappa shape index (κ3) is 6.61. The minimum atomic E-state index is -0.618. The molecular weight excluding hydrogens is 386 g/mol. The van der Waals surface area contributed by atoms with Crippen molar-refractivity contribution in [3.63, 3.8) is 0 Å². The topological polar surface area (TPSA) is 47.6 Å². The van der Waals surface area contributed by atoms with Crippen LogP contribution < -0.4 is 14.8 Å².